The van der Waals surface area contributed by atoms with Crippen LogP contribution in [-0.4, -0.2) is 47.0 Å². The molecule has 4 aromatic rings. The third-order valence-corrected chi connectivity index (χ3v) is 6.01. The molecule has 6 nitrogen and oxygen atoms in total. The van der Waals surface area contributed by atoms with Gasteiger partial charge in [-0.15, -0.1) is 12.4 Å². The molecule has 0 N–H and O–H groups in total. The second-order valence-corrected chi connectivity index (χ2v) is 8.06. The molecule has 0 aliphatic carbocycles. The summed E-state index contributed by atoms with van der Waals surface area (Å²) in [6.45, 7) is 3.86. The van der Waals surface area contributed by atoms with Crippen molar-refractivity contribution >= 4 is 40.6 Å². The lowest BCUT2D eigenvalue weighted by atomic mass is 10.1. The highest BCUT2D eigenvalue weighted by molar-refractivity contribution is 7.08. The molecule has 0 saturated carbocycles. The lowest BCUT2D eigenvalue weighted by molar-refractivity contribution is 0.0719. The Kier molecular flexibility index (Phi) is 6.22. The van der Waals surface area contributed by atoms with Crippen LogP contribution in [0.5, 0.6) is 0 Å². The van der Waals surface area contributed by atoms with Crippen LogP contribution in [0, 0.1) is 0 Å². The standard InChI is InChI=1S/C22H21N3O3S.ClH/c26-22(21-4-6-23-28-21)25-8-1-7-24(9-10-25)14-19-13-18-12-16(2-3-20(18)27-19)17-5-11-29-15-17;/h2-6,11-13,15H,1,7-10,14H2;1H. The Morgan fingerprint density at radius 1 is 1.07 bits per heavy atom. The normalized spacial score (nSPS) is 15.1. The summed E-state index contributed by atoms with van der Waals surface area (Å²) in [7, 11) is 0. The molecule has 0 bridgehead atoms. The Bertz CT molecular complexity index is 1110. The molecule has 30 heavy (non-hydrogen) atoms. The molecule has 3 aromatic heterocycles. The Hall–Kier alpha value is -2.61. The van der Waals surface area contributed by atoms with E-state index in [0.29, 0.717) is 12.3 Å². The van der Waals surface area contributed by atoms with Crippen LogP contribution in [0.15, 0.2) is 62.3 Å². The minimum absolute atomic E-state index is 0. The molecule has 1 aliphatic rings. The van der Waals surface area contributed by atoms with E-state index in [9.17, 15) is 4.79 Å². The van der Waals surface area contributed by atoms with Gasteiger partial charge in [-0.05, 0) is 52.6 Å². The molecule has 4 heterocycles. The van der Waals surface area contributed by atoms with E-state index >= 15 is 0 Å². The van der Waals surface area contributed by atoms with E-state index in [4.69, 9.17) is 8.94 Å². The molecular weight excluding hydrogens is 422 g/mol. The largest absolute Gasteiger partial charge is 0.460 e. The SMILES string of the molecule is Cl.O=C(c1ccno1)N1CCCN(Cc2cc3cc(-c4ccsc4)ccc3o2)CC1. The molecule has 0 spiro atoms. The summed E-state index contributed by atoms with van der Waals surface area (Å²) in [5, 5.41) is 9.01. The van der Waals surface area contributed by atoms with Gasteiger partial charge in [0.05, 0.1) is 12.7 Å². The van der Waals surface area contributed by atoms with E-state index in [2.05, 4.69) is 45.1 Å². The Balaban J connectivity index is 0.00000218. The van der Waals surface area contributed by atoms with Gasteiger partial charge < -0.3 is 13.8 Å². The van der Waals surface area contributed by atoms with Crippen molar-refractivity contribution in [2.75, 3.05) is 26.2 Å². The van der Waals surface area contributed by atoms with Crippen molar-refractivity contribution < 1.29 is 13.7 Å². The van der Waals surface area contributed by atoms with E-state index in [1.54, 1.807) is 17.4 Å². The molecule has 0 radical (unpaired) electrons. The monoisotopic (exact) mass is 443 g/mol. The van der Waals surface area contributed by atoms with Crippen molar-refractivity contribution in [2.45, 2.75) is 13.0 Å². The van der Waals surface area contributed by atoms with Crippen molar-refractivity contribution in [1.82, 2.24) is 15.0 Å². The highest BCUT2D eigenvalue weighted by Crippen LogP contribution is 2.28. The second kappa shape index (κ2) is 9.04. The molecule has 0 atom stereocenters. The third-order valence-electron chi connectivity index (χ3n) is 5.33. The van der Waals surface area contributed by atoms with Gasteiger partial charge in [-0.25, -0.2) is 0 Å². The number of hydrogen-bond acceptors (Lipinski definition) is 6. The number of fused-ring (bicyclic) bond motifs is 1. The molecular formula is C22H22ClN3O3S. The number of aromatic nitrogens is 1. The summed E-state index contributed by atoms with van der Waals surface area (Å²) >= 11 is 1.70. The second-order valence-electron chi connectivity index (χ2n) is 7.28. The van der Waals surface area contributed by atoms with E-state index in [1.807, 2.05) is 11.0 Å². The molecule has 1 aromatic carbocycles. The average molecular weight is 444 g/mol. The van der Waals surface area contributed by atoms with Gasteiger partial charge in [0.1, 0.15) is 11.3 Å². The van der Waals surface area contributed by atoms with Crippen LogP contribution in [0.4, 0.5) is 0 Å². The number of amides is 1. The predicted molar refractivity (Wildman–Crippen MR) is 119 cm³/mol. The molecule has 1 aliphatic heterocycles. The van der Waals surface area contributed by atoms with Crippen molar-refractivity contribution in [2.24, 2.45) is 0 Å². The first-order chi connectivity index (χ1) is 14.3. The zero-order chi connectivity index (χ0) is 19.6. The number of furan rings is 1. The first kappa shape index (κ1) is 20.7. The van der Waals surface area contributed by atoms with Crippen LogP contribution in [0.1, 0.15) is 22.7 Å². The van der Waals surface area contributed by atoms with Gasteiger partial charge in [-0.1, -0.05) is 11.2 Å². The van der Waals surface area contributed by atoms with Crippen LogP contribution < -0.4 is 0 Å². The lowest BCUT2D eigenvalue weighted by Gasteiger charge is -2.20. The van der Waals surface area contributed by atoms with Gasteiger partial charge in [0.25, 0.3) is 5.91 Å². The Morgan fingerprint density at radius 2 is 2.00 bits per heavy atom. The van der Waals surface area contributed by atoms with Crippen LogP contribution >= 0.6 is 23.7 Å². The van der Waals surface area contributed by atoms with Gasteiger partial charge in [0.15, 0.2) is 0 Å². The Labute approximate surface area is 184 Å². The number of halogens is 1. The number of carbonyl (C=O) groups excluding carboxylic acids is 1. The lowest BCUT2D eigenvalue weighted by Crippen LogP contribution is -2.34. The highest BCUT2D eigenvalue weighted by atomic mass is 35.5. The van der Waals surface area contributed by atoms with Gasteiger partial charge in [-0.2, -0.15) is 11.3 Å². The van der Waals surface area contributed by atoms with Crippen LogP contribution in [0.2, 0.25) is 0 Å². The number of hydrogen-bond donors (Lipinski definition) is 0. The highest BCUT2D eigenvalue weighted by Gasteiger charge is 2.23. The minimum atomic E-state index is -0.0888. The van der Waals surface area contributed by atoms with Gasteiger partial charge >= 0.3 is 0 Å². The molecule has 1 amide bonds. The van der Waals surface area contributed by atoms with Crippen molar-refractivity contribution in [1.29, 1.82) is 0 Å². The maximum atomic E-state index is 12.5. The fourth-order valence-electron chi connectivity index (χ4n) is 3.82. The minimum Gasteiger partial charge on any atom is -0.460 e. The van der Waals surface area contributed by atoms with E-state index in [1.165, 1.54) is 17.3 Å². The molecule has 1 saturated heterocycles. The van der Waals surface area contributed by atoms with E-state index < -0.39 is 0 Å². The molecule has 5 rings (SSSR count). The third kappa shape index (κ3) is 4.28. The maximum Gasteiger partial charge on any atom is 0.292 e. The summed E-state index contributed by atoms with van der Waals surface area (Å²) in [5.74, 6) is 1.17. The summed E-state index contributed by atoms with van der Waals surface area (Å²) < 4.78 is 11.1. The van der Waals surface area contributed by atoms with Gasteiger partial charge in [0.2, 0.25) is 5.76 Å². The van der Waals surface area contributed by atoms with Crippen molar-refractivity contribution in [3.05, 3.63) is 64.9 Å². The van der Waals surface area contributed by atoms with Crippen LogP contribution in [0.3, 0.4) is 0 Å². The summed E-state index contributed by atoms with van der Waals surface area (Å²) in [4.78, 5) is 16.7. The number of nitrogens with zero attached hydrogens (tertiary/aromatic N) is 3. The first-order valence-corrected chi connectivity index (χ1v) is 10.7. The summed E-state index contributed by atoms with van der Waals surface area (Å²) in [6, 6.07) is 12.2. The number of rotatable bonds is 4. The van der Waals surface area contributed by atoms with E-state index in [-0.39, 0.29) is 18.3 Å². The van der Waals surface area contributed by atoms with Gasteiger partial charge in [0, 0.05) is 37.6 Å². The summed E-state index contributed by atoms with van der Waals surface area (Å²) in [5.41, 5.74) is 3.36. The topological polar surface area (TPSA) is 62.7 Å². The molecule has 156 valence electrons. The fourth-order valence-corrected chi connectivity index (χ4v) is 4.48. The van der Waals surface area contributed by atoms with Crippen molar-refractivity contribution in [3.8, 4) is 11.1 Å². The van der Waals surface area contributed by atoms with Gasteiger partial charge in [-0.3, -0.25) is 9.69 Å². The summed E-state index contributed by atoms with van der Waals surface area (Å²) in [6.07, 6.45) is 2.42. The zero-order valence-electron chi connectivity index (χ0n) is 16.3. The number of carbonyl (C=O) groups is 1. The van der Waals surface area contributed by atoms with E-state index in [0.717, 1.165) is 49.3 Å². The zero-order valence-corrected chi connectivity index (χ0v) is 18.0. The quantitative estimate of drug-likeness (QED) is 0.448. The molecule has 8 heteroatoms. The van der Waals surface area contributed by atoms with Crippen LogP contribution in [0.25, 0.3) is 22.1 Å². The number of benzene rings is 1. The average Bonchev–Trinajstić information content (AvgIpc) is 3.47. The number of thiophene rings is 1. The van der Waals surface area contributed by atoms with Crippen LogP contribution in [-0.2, 0) is 6.54 Å². The fraction of sp³-hybridized carbons (Fsp3) is 0.273. The molecule has 0 unspecified atom stereocenters. The Morgan fingerprint density at radius 3 is 2.80 bits per heavy atom. The van der Waals surface area contributed by atoms with Crippen molar-refractivity contribution in [3.63, 3.8) is 0 Å². The smallest absolute Gasteiger partial charge is 0.292 e. The maximum absolute atomic E-state index is 12.5. The predicted octanol–water partition coefficient (Wildman–Crippen LogP) is 4.92. The molecule has 1 fully saturated rings. The first-order valence-electron chi connectivity index (χ1n) is 9.74.